The summed E-state index contributed by atoms with van der Waals surface area (Å²) >= 11 is 0. The van der Waals surface area contributed by atoms with Crippen molar-refractivity contribution in [1.82, 2.24) is 10.3 Å². The first kappa shape index (κ1) is 16.6. The summed E-state index contributed by atoms with van der Waals surface area (Å²) in [5, 5.41) is 2.94. The number of ether oxygens (including phenoxy) is 1. The van der Waals surface area contributed by atoms with Crippen LogP contribution in [0, 0.1) is 11.6 Å². The SMILES string of the molecule is COC(=O)[C@H](NC(=O)c1cc2cc(F)ccc2[nH]1)c1ccccc1F. The molecule has 3 aromatic rings. The predicted octanol–water partition coefficient (Wildman–Crippen LogP) is 3.09. The molecule has 25 heavy (non-hydrogen) atoms. The number of carbonyl (C=O) groups excluding carboxylic acids is 2. The van der Waals surface area contributed by atoms with Gasteiger partial charge in [-0.05, 0) is 30.3 Å². The van der Waals surface area contributed by atoms with Gasteiger partial charge in [-0.25, -0.2) is 13.6 Å². The Morgan fingerprint density at radius 2 is 1.88 bits per heavy atom. The maximum Gasteiger partial charge on any atom is 0.333 e. The molecule has 0 radical (unpaired) electrons. The standard InChI is InChI=1S/C18H14F2N2O3/c1-25-18(24)16(12-4-2-3-5-13(12)20)22-17(23)15-9-10-8-11(19)6-7-14(10)21-15/h2-9,16,21H,1H3,(H,22,23)/t16-/m1/s1. The number of aromatic amines is 1. The molecule has 3 rings (SSSR count). The lowest BCUT2D eigenvalue weighted by Gasteiger charge is -2.17. The van der Waals surface area contributed by atoms with Crippen LogP contribution in [0.3, 0.4) is 0 Å². The van der Waals surface area contributed by atoms with E-state index in [1.165, 1.54) is 42.5 Å². The van der Waals surface area contributed by atoms with Gasteiger partial charge in [0.2, 0.25) is 0 Å². The van der Waals surface area contributed by atoms with Crippen LogP contribution in [0.25, 0.3) is 10.9 Å². The number of halogens is 2. The normalized spacial score (nSPS) is 12.0. The van der Waals surface area contributed by atoms with Gasteiger partial charge in [-0.2, -0.15) is 0 Å². The van der Waals surface area contributed by atoms with Crippen LogP contribution < -0.4 is 5.32 Å². The summed E-state index contributed by atoms with van der Waals surface area (Å²) in [4.78, 5) is 27.3. The number of carbonyl (C=O) groups is 2. The summed E-state index contributed by atoms with van der Waals surface area (Å²) < 4.78 is 31.9. The summed E-state index contributed by atoms with van der Waals surface area (Å²) in [6, 6.07) is 9.77. The lowest BCUT2D eigenvalue weighted by molar-refractivity contribution is -0.143. The summed E-state index contributed by atoms with van der Waals surface area (Å²) in [6.07, 6.45) is 0. The Kier molecular flexibility index (Phi) is 4.47. The molecule has 5 nitrogen and oxygen atoms in total. The minimum absolute atomic E-state index is 0.00939. The van der Waals surface area contributed by atoms with Crippen LogP contribution in [0.15, 0.2) is 48.5 Å². The molecule has 0 bridgehead atoms. The molecule has 128 valence electrons. The molecule has 0 aliphatic heterocycles. The van der Waals surface area contributed by atoms with Crippen molar-refractivity contribution in [3.63, 3.8) is 0 Å². The number of aromatic nitrogens is 1. The molecule has 0 saturated carbocycles. The molecular formula is C18H14F2N2O3. The van der Waals surface area contributed by atoms with Crippen molar-refractivity contribution in [3.8, 4) is 0 Å². The van der Waals surface area contributed by atoms with Gasteiger partial charge in [-0.3, -0.25) is 4.79 Å². The zero-order chi connectivity index (χ0) is 18.0. The van der Waals surface area contributed by atoms with Crippen molar-refractivity contribution in [2.75, 3.05) is 7.11 Å². The number of hydrogen-bond donors (Lipinski definition) is 2. The van der Waals surface area contributed by atoms with E-state index in [0.29, 0.717) is 10.9 Å². The van der Waals surface area contributed by atoms with Crippen LogP contribution in [0.5, 0.6) is 0 Å². The molecule has 0 spiro atoms. The Morgan fingerprint density at radius 1 is 1.12 bits per heavy atom. The Bertz CT molecular complexity index is 952. The number of hydrogen-bond acceptors (Lipinski definition) is 3. The van der Waals surface area contributed by atoms with Gasteiger partial charge in [0.25, 0.3) is 5.91 Å². The van der Waals surface area contributed by atoms with Gasteiger partial charge in [-0.15, -0.1) is 0 Å². The average molecular weight is 344 g/mol. The molecular weight excluding hydrogens is 330 g/mol. The first-order valence-corrected chi connectivity index (χ1v) is 7.41. The molecule has 1 aromatic heterocycles. The zero-order valence-corrected chi connectivity index (χ0v) is 13.2. The number of rotatable bonds is 4. The van der Waals surface area contributed by atoms with Crippen molar-refractivity contribution in [3.05, 3.63) is 71.4 Å². The Labute approximate surface area is 141 Å². The molecule has 1 atom stereocenters. The van der Waals surface area contributed by atoms with E-state index in [2.05, 4.69) is 15.0 Å². The second-order valence-electron chi connectivity index (χ2n) is 5.37. The van der Waals surface area contributed by atoms with Crippen molar-refractivity contribution in [1.29, 1.82) is 0 Å². The lowest BCUT2D eigenvalue weighted by Crippen LogP contribution is -2.35. The lowest BCUT2D eigenvalue weighted by atomic mass is 10.1. The number of nitrogens with one attached hydrogen (secondary N) is 2. The van der Waals surface area contributed by atoms with Gasteiger partial charge < -0.3 is 15.0 Å². The van der Waals surface area contributed by atoms with Crippen LogP contribution in [-0.4, -0.2) is 24.0 Å². The van der Waals surface area contributed by atoms with Gasteiger partial charge in [-0.1, -0.05) is 18.2 Å². The van der Waals surface area contributed by atoms with Crippen LogP contribution in [0.2, 0.25) is 0 Å². The number of benzene rings is 2. The molecule has 0 unspecified atom stereocenters. The van der Waals surface area contributed by atoms with Crippen molar-refractivity contribution in [2.45, 2.75) is 6.04 Å². The van der Waals surface area contributed by atoms with Gasteiger partial charge in [0.05, 0.1) is 7.11 Å². The van der Waals surface area contributed by atoms with Crippen molar-refractivity contribution < 1.29 is 23.1 Å². The van der Waals surface area contributed by atoms with Gasteiger partial charge in [0, 0.05) is 16.5 Å². The fraction of sp³-hybridized carbons (Fsp3) is 0.111. The van der Waals surface area contributed by atoms with Crippen LogP contribution in [-0.2, 0) is 9.53 Å². The number of esters is 1. The number of fused-ring (bicyclic) bond motifs is 1. The third-order valence-corrected chi connectivity index (χ3v) is 3.76. The Balaban J connectivity index is 1.91. The summed E-state index contributed by atoms with van der Waals surface area (Å²) in [7, 11) is 1.15. The van der Waals surface area contributed by atoms with Crippen LogP contribution in [0.1, 0.15) is 22.1 Å². The molecule has 0 fully saturated rings. The predicted molar refractivity (Wildman–Crippen MR) is 86.9 cm³/mol. The first-order valence-electron chi connectivity index (χ1n) is 7.41. The summed E-state index contributed by atoms with van der Waals surface area (Å²) in [5.41, 5.74) is 0.669. The van der Waals surface area contributed by atoms with E-state index in [1.807, 2.05) is 0 Å². The molecule has 0 aliphatic rings. The Hall–Kier alpha value is -3.22. The van der Waals surface area contributed by atoms with E-state index < -0.39 is 29.6 Å². The number of amides is 1. The first-order chi connectivity index (χ1) is 12.0. The molecule has 7 heteroatoms. The molecule has 1 amide bonds. The van der Waals surface area contributed by atoms with Gasteiger partial charge in [0.15, 0.2) is 6.04 Å². The number of methoxy groups -OCH3 is 1. The van der Waals surface area contributed by atoms with E-state index in [1.54, 1.807) is 6.07 Å². The summed E-state index contributed by atoms with van der Waals surface area (Å²) in [5.74, 6) is -2.52. The monoisotopic (exact) mass is 344 g/mol. The summed E-state index contributed by atoms with van der Waals surface area (Å²) in [6.45, 7) is 0. The maximum absolute atomic E-state index is 14.0. The van der Waals surface area contributed by atoms with E-state index in [9.17, 15) is 18.4 Å². The minimum Gasteiger partial charge on any atom is -0.467 e. The highest BCUT2D eigenvalue weighted by atomic mass is 19.1. The smallest absolute Gasteiger partial charge is 0.333 e. The third-order valence-electron chi connectivity index (χ3n) is 3.76. The third kappa shape index (κ3) is 3.35. The van der Waals surface area contributed by atoms with E-state index in [4.69, 9.17) is 0 Å². The maximum atomic E-state index is 14.0. The minimum atomic E-state index is -1.30. The molecule has 0 aliphatic carbocycles. The van der Waals surface area contributed by atoms with E-state index >= 15 is 0 Å². The van der Waals surface area contributed by atoms with Crippen molar-refractivity contribution in [2.24, 2.45) is 0 Å². The average Bonchev–Trinajstić information content (AvgIpc) is 3.03. The second-order valence-corrected chi connectivity index (χ2v) is 5.37. The number of H-pyrrole nitrogens is 1. The van der Waals surface area contributed by atoms with E-state index in [-0.39, 0.29) is 11.3 Å². The van der Waals surface area contributed by atoms with Crippen molar-refractivity contribution >= 4 is 22.8 Å². The van der Waals surface area contributed by atoms with Crippen LogP contribution >= 0.6 is 0 Å². The van der Waals surface area contributed by atoms with Gasteiger partial charge in [0.1, 0.15) is 17.3 Å². The fourth-order valence-electron chi connectivity index (χ4n) is 2.53. The molecule has 2 N–H and O–H groups in total. The largest absolute Gasteiger partial charge is 0.467 e. The fourth-order valence-corrected chi connectivity index (χ4v) is 2.53. The highest BCUT2D eigenvalue weighted by molar-refractivity contribution is 5.99. The quantitative estimate of drug-likeness (QED) is 0.715. The highest BCUT2D eigenvalue weighted by Crippen LogP contribution is 2.20. The zero-order valence-electron chi connectivity index (χ0n) is 13.2. The van der Waals surface area contributed by atoms with Gasteiger partial charge >= 0.3 is 5.97 Å². The molecule has 1 heterocycles. The van der Waals surface area contributed by atoms with E-state index in [0.717, 1.165) is 7.11 Å². The molecule has 0 saturated heterocycles. The second kappa shape index (κ2) is 6.72. The molecule has 2 aromatic carbocycles. The van der Waals surface area contributed by atoms with Crippen LogP contribution in [0.4, 0.5) is 8.78 Å². The topological polar surface area (TPSA) is 71.2 Å². The Morgan fingerprint density at radius 3 is 2.60 bits per heavy atom. The highest BCUT2D eigenvalue weighted by Gasteiger charge is 2.27.